The zero-order valence-electron chi connectivity index (χ0n) is 11.7. The van der Waals surface area contributed by atoms with Crippen LogP contribution in [0.15, 0.2) is 18.2 Å². The Morgan fingerprint density at radius 3 is 2.80 bits per heavy atom. The van der Waals surface area contributed by atoms with Crippen molar-refractivity contribution < 1.29 is 14.3 Å². The van der Waals surface area contributed by atoms with Crippen LogP contribution in [0, 0.1) is 5.82 Å². The fourth-order valence-corrected chi connectivity index (χ4v) is 2.64. The van der Waals surface area contributed by atoms with E-state index in [4.69, 9.17) is 0 Å². The van der Waals surface area contributed by atoms with Crippen LogP contribution < -0.4 is 5.32 Å². The topological polar surface area (TPSA) is 52.6 Å². The molecule has 2 rings (SSSR count). The van der Waals surface area contributed by atoms with Gasteiger partial charge in [0.1, 0.15) is 11.6 Å². The van der Waals surface area contributed by atoms with Crippen LogP contribution in [0.5, 0.6) is 5.75 Å². The number of nitrogens with one attached hydrogen (secondary N) is 1. The summed E-state index contributed by atoms with van der Waals surface area (Å²) in [7, 11) is 0. The monoisotopic (exact) mass is 280 g/mol. The van der Waals surface area contributed by atoms with Gasteiger partial charge in [-0.2, -0.15) is 0 Å². The summed E-state index contributed by atoms with van der Waals surface area (Å²) in [6.07, 6.45) is 2.62. The lowest BCUT2D eigenvalue weighted by molar-refractivity contribution is 0.0639. The number of halogens is 1. The quantitative estimate of drug-likeness (QED) is 0.888. The molecule has 20 heavy (non-hydrogen) atoms. The van der Waals surface area contributed by atoms with Crippen LogP contribution in [0.3, 0.4) is 0 Å². The van der Waals surface area contributed by atoms with Crippen molar-refractivity contribution in [2.24, 2.45) is 0 Å². The van der Waals surface area contributed by atoms with E-state index >= 15 is 0 Å². The Hall–Kier alpha value is -1.62. The van der Waals surface area contributed by atoms with Gasteiger partial charge in [0.2, 0.25) is 0 Å². The first-order valence-electron chi connectivity index (χ1n) is 7.13. The Bertz CT molecular complexity index is 473. The third-order valence-corrected chi connectivity index (χ3v) is 3.66. The molecule has 1 saturated heterocycles. The second-order valence-electron chi connectivity index (χ2n) is 5.14. The van der Waals surface area contributed by atoms with Gasteiger partial charge in [-0.05, 0) is 50.6 Å². The number of hydrogen-bond acceptors (Lipinski definition) is 3. The van der Waals surface area contributed by atoms with Crippen molar-refractivity contribution in [2.45, 2.75) is 32.2 Å². The summed E-state index contributed by atoms with van der Waals surface area (Å²) in [5, 5.41) is 13.1. The Morgan fingerprint density at radius 2 is 2.15 bits per heavy atom. The molecular formula is C15H21FN2O2. The van der Waals surface area contributed by atoms with Crippen molar-refractivity contribution in [3.05, 3.63) is 29.6 Å². The average molecular weight is 280 g/mol. The Kier molecular flexibility index (Phi) is 4.95. The van der Waals surface area contributed by atoms with E-state index in [0.717, 1.165) is 44.5 Å². The van der Waals surface area contributed by atoms with Gasteiger partial charge >= 0.3 is 0 Å². The summed E-state index contributed by atoms with van der Waals surface area (Å²) >= 11 is 0. The maximum Gasteiger partial charge on any atom is 0.257 e. The largest absolute Gasteiger partial charge is 0.507 e. The molecule has 0 unspecified atom stereocenters. The lowest BCUT2D eigenvalue weighted by Crippen LogP contribution is -2.46. The molecule has 0 bridgehead atoms. The number of piperidine rings is 1. The number of phenols is 1. The van der Waals surface area contributed by atoms with Crippen LogP contribution in [0.2, 0.25) is 0 Å². The fourth-order valence-electron chi connectivity index (χ4n) is 2.64. The number of carbonyl (C=O) groups excluding carboxylic acids is 1. The van der Waals surface area contributed by atoms with Crippen LogP contribution in [0.25, 0.3) is 0 Å². The Balaban J connectivity index is 2.23. The van der Waals surface area contributed by atoms with Crippen LogP contribution >= 0.6 is 0 Å². The molecule has 0 atom stereocenters. The summed E-state index contributed by atoms with van der Waals surface area (Å²) in [5.41, 5.74) is 0.0528. The first-order chi connectivity index (χ1) is 9.63. The molecule has 0 aliphatic carbocycles. The molecule has 0 saturated carbocycles. The highest BCUT2D eigenvalue weighted by Crippen LogP contribution is 2.23. The molecule has 1 aliphatic heterocycles. The molecule has 1 aliphatic rings. The predicted molar refractivity (Wildman–Crippen MR) is 75.3 cm³/mol. The summed E-state index contributed by atoms with van der Waals surface area (Å²) in [5.74, 6) is -0.949. The van der Waals surface area contributed by atoms with Crippen molar-refractivity contribution >= 4 is 5.91 Å². The number of benzene rings is 1. The third kappa shape index (κ3) is 3.28. The number of carbonyl (C=O) groups is 1. The molecule has 1 fully saturated rings. The van der Waals surface area contributed by atoms with Gasteiger partial charge < -0.3 is 15.3 Å². The molecule has 1 aromatic carbocycles. The molecule has 0 spiro atoms. The van der Waals surface area contributed by atoms with Gasteiger partial charge in [0, 0.05) is 12.6 Å². The number of aromatic hydroxyl groups is 1. The van der Waals surface area contributed by atoms with Crippen molar-refractivity contribution in [1.82, 2.24) is 10.2 Å². The number of rotatable bonds is 4. The van der Waals surface area contributed by atoms with E-state index in [1.807, 2.05) is 6.92 Å². The molecule has 1 amide bonds. The zero-order chi connectivity index (χ0) is 14.5. The normalized spacial score (nSPS) is 16.1. The van der Waals surface area contributed by atoms with Crippen molar-refractivity contribution in [1.29, 1.82) is 0 Å². The minimum Gasteiger partial charge on any atom is -0.507 e. The van der Waals surface area contributed by atoms with Gasteiger partial charge in [-0.1, -0.05) is 6.92 Å². The third-order valence-electron chi connectivity index (χ3n) is 3.66. The highest BCUT2D eigenvalue weighted by molar-refractivity contribution is 5.97. The number of phenolic OH excluding ortho intramolecular Hbond substituents is 1. The molecule has 0 radical (unpaired) electrons. The maximum absolute atomic E-state index is 13.3. The van der Waals surface area contributed by atoms with Crippen LogP contribution in [0.1, 0.15) is 36.5 Å². The van der Waals surface area contributed by atoms with E-state index in [1.165, 1.54) is 6.07 Å². The summed E-state index contributed by atoms with van der Waals surface area (Å²) in [4.78, 5) is 14.4. The van der Waals surface area contributed by atoms with E-state index < -0.39 is 5.82 Å². The fraction of sp³-hybridized carbons (Fsp3) is 0.533. The minimum absolute atomic E-state index is 0.0528. The van der Waals surface area contributed by atoms with Crippen molar-refractivity contribution in [2.75, 3.05) is 19.6 Å². The van der Waals surface area contributed by atoms with Crippen molar-refractivity contribution in [3.8, 4) is 5.75 Å². The second-order valence-corrected chi connectivity index (χ2v) is 5.14. The standard InChI is InChI=1S/C15H21FN2O2/c1-2-9-18(12-5-7-17-8-6-12)15(20)13-10-11(16)3-4-14(13)19/h3-4,10,12,17,19H,2,5-9H2,1H3. The predicted octanol–water partition coefficient (Wildman–Crippen LogP) is 2.14. The summed E-state index contributed by atoms with van der Waals surface area (Å²) in [6.45, 7) is 4.40. The SMILES string of the molecule is CCCN(C(=O)c1cc(F)ccc1O)C1CCNCC1. The Labute approximate surface area is 118 Å². The summed E-state index contributed by atoms with van der Waals surface area (Å²) in [6, 6.07) is 3.66. The van der Waals surface area contributed by atoms with E-state index in [9.17, 15) is 14.3 Å². The van der Waals surface area contributed by atoms with E-state index in [2.05, 4.69) is 5.32 Å². The van der Waals surface area contributed by atoms with Crippen LogP contribution in [0.4, 0.5) is 4.39 Å². The highest BCUT2D eigenvalue weighted by Gasteiger charge is 2.27. The molecule has 2 N–H and O–H groups in total. The number of nitrogens with zero attached hydrogens (tertiary/aromatic N) is 1. The molecule has 110 valence electrons. The van der Waals surface area contributed by atoms with E-state index in [0.29, 0.717) is 6.54 Å². The lowest BCUT2D eigenvalue weighted by atomic mass is 10.0. The molecule has 4 nitrogen and oxygen atoms in total. The Morgan fingerprint density at radius 1 is 1.45 bits per heavy atom. The van der Waals surface area contributed by atoms with Gasteiger partial charge in [0.15, 0.2) is 0 Å². The summed E-state index contributed by atoms with van der Waals surface area (Å²) < 4.78 is 13.3. The van der Waals surface area contributed by atoms with Gasteiger partial charge in [0.05, 0.1) is 5.56 Å². The molecule has 1 aromatic rings. The molecule has 1 heterocycles. The van der Waals surface area contributed by atoms with Gasteiger partial charge in [-0.25, -0.2) is 4.39 Å². The van der Waals surface area contributed by atoms with Crippen molar-refractivity contribution in [3.63, 3.8) is 0 Å². The first kappa shape index (κ1) is 14.8. The van der Waals surface area contributed by atoms with Gasteiger partial charge in [-0.3, -0.25) is 4.79 Å². The second kappa shape index (κ2) is 6.70. The highest BCUT2D eigenvalue weighted by atomic mass is 19.1. The van der Waals surface area contributed by atoms with E-state index in [-0.39, 0.29) is 23.3 Å². The smallest absolute Gasteiger partial charge is 0.257 e. The van der Waals surface area contributed by atoms with Crippen LogP contribution in [-0.4, -0.2) is 41.6 Å². The van der Waals surface area contributed by atoms with E-state index in [1.54, 1.807) is 4.90 Å². The molecule has 5 heteroatoms. The average Bonchev–Trinajstić information content (AvgIpc) is 2.47. The maximum atomic E-state index is 13.3. The van der Waals surface area contributed by atoms with Gasteiger partial charge in [0.25, 0.3) is 5.91 Å². The molecular weight excluding hydrogens is 259 g/mol. The van der Waals surface area contributed by atoms with Crippen LogP contribution in [-0.2, 0) is 0 Å². The zero-order valence-corrected chi connectivity index (χ0v) is 11.7. The minimum atomic E-state index is -0.507. The molecule has 0 aromatic heterocycles. The van der Waals surface area contributed by atoms with Gasteiger partial charge in [-0.15, -0.1) is 0 Å². The lowest BCUT2D eigenvalue weighted by Gasteiger charge is -2.34. The number of amides is 1. The first-order valence-corrected chi connectivity index (χ1v) is 7.13. The number of hydrogen-bond donors (Lipinski definition) is 2.